The first-order valence-corrected chi connectivity index (χ1v) is 9.19. The molecule has 0 unspecified atom stereocenters. The molecule has 0 bridgehead atoms. The van der Waals surface area contributed by atoms with Gasteiger partial charge in [-0.1, -0.05) is 24.3 Å². The molecular weight excluding hydrogens is 354 g/mol. The van der Waals surface area contributed by atoms with Crippen LogP contribution in [0.25, 0.3) is 11.1 Å². The fraction of sp³-hybridized carbons (Fsp3) is 0.238. The van der Waals surface area contributed by atoms with Gasteiger partial charge in [0.25, 0.3) is 0 Å². The van der Waals surface area contributed by atoms with Crippen molar-refractivity contribution in [1.82, 2.24) is 15.5 Å². The summed E-state index contributed by atoms with van der Waals surface area (Å²) in [6.07, 6.45) is 4.32. The van der Waals surface area contributed by atoms with E-state index >= 15 is 0 Å². The average Bonchev–Trinajstić information content (AvgIpc) is 3.28. The van der Waals surface area contributed by atoms with Gasteiger partial charge in [0.15, 0.2) is 0 Å². The molecule has 0 saturated carbocycles. The second-order valence-electron chi connectivity index (χ2n) is 6.34. The topological polar surface area (TPSA) is 96.3 Å². The molecule has 2 amide bonds. The Morgan fingerprint density at radius 2 is 2.04 bits per heavy atom. The number of nitrogens with zero attached hydrogens (tertiary/aromatic N) is 2. The number of aromatic amines is 1. The number of carbonyl (C=O) groups is 1. The number of hydrogen-bond donors (Lipinski definition) is 3. The van der Waals surface area contributed by atoms with Crippen LogP contribution < -0.4 is 20.7 Å². The Morgan fingerprint density at radius 3 is 2.71 bits per heavy atom. The van der Waals surface area contributed by atoms with E-state index in [-0.39, 0.29) is 6.03 Å². The fourth-order valence-electron chi connectivity index (χ4n) is 2.90. The Kier molecular flexibility index (Phi) is 6.64. The maximum absolute atomic E-state index is 12.8. The summed E-state index contributed by atoms with van der Waals surface area (Å²) in [4.78, 5) is 14.5. The predicted molar refractivity (Wildman–Crippen MR) is 110 cm³/mol. The summed E-state index contributed by atoms with van der Waals surface area (Å²) in [5.74, 6) is 0.765. The number of anilines is 1. The maximum Gasteiger partial charge on any atom is 0.322 e. The van der Waals surface area contributed by atoms with Crippen LogP contribution in [-0.4, -0.2) is 36.4 Å². The molecule has 3 aromatic rings. The summed E-state index contributed by atoms with van der Waals surface area (Å²) in [5.41, 5.74) is 9.49. The molecule has 0 fully saturated rings. The quantitative estimate of drug-likeness (QED) is 0.560. The number of amides is 2. The second kappa shape index (κ2) is 9.57. The number of benzene rings is 2. The molecule has 0 saturated heterocycles. The molecule has 1 heterocycles. The van der Waals surface area contributed by atoms with Gasteiger partial charge >= 0.3 is 6.03 Å². The Labute approximate surface area is 164 Å². The van der Waals surface area contributed by atoms with Crippen molar-refractivity contribution in [3.63, 3.8) is 0 Å². The van der Waals surface area contributed by atoms with Crippen LogP contribution in [0.2, 0.25) is 0 Å². The highest BCUT2D eigenvalue weighted by molar-refractivity contribution is 5.92. The van der Waals surface area contributed by atoms with Crippen molar-refractivity contribution in [2.75, 3.05) is 25.1 Å². The third-order valence-corrected chi connectivity index (χ3v) is 4.42. The van der Waals surface area contributed by atoms with Crippen LogP contribution in [-0.2, 0) is 6.54 Å². The summed E-state index contributed by atoms with van der Waals surface area (Å²) in [6, 6.07) is 15.3. The van der Waals surface area contributed by atoms with Crippen LogP contribution in [0.4, 0.5) is 10.5 Å². The smallest absolute Gasteiger partial charge is 0.322 e. The maximum atomic E-state index is 12.8. The zero-order valence-corrected chi connectivity index (χ0v) is 15.9. The van der Waals surface area contributed by atoms with Crippen molar-refractivity contribution in [2.24, 2.45) is 5.73 Å². The summed E-state index contributed by atoms with van der Waals surface area (Å²) >= 11 is 0. The molecule has 0 aliphatic carbocycles. The molecule has 28 heavy (non-hydrogen) atoms. The fourth-order valence-corrected chi connectivity index (χ4v) is 2.90. The van der Waals surface area contributed by atoms with E-state index < -0.39 is 0 Å². The highest BCUT2D eigenvalue weighted by Gasteiger charge is 2.15. The van der Waals surface area contributed by atoms with Gasteiger partial charge in [0.2, 0.25) is 0 Å². The van der Waals surface area contributed by atoms with Gasteiger partial charge < -0.3 is 15.8 Å². The lowest BCUT2D eigenvalue weighted by atomic mass is 10.1. The van der Waals surface area contributed by atoms with E-state index in [9.17, 15) is 4.79 Å². The molecule has 0 atom stereocenters. The van der Waals surface area contributed by atoms with Crippen molar-refractivity contribution in [2.45, 2.75) is 13.0 Å². The zero-order valence-electron chi connectivity index (χ0n) is 15.9. The summed E-state index contributed by atoms with van der Waals surface area (Å²) < 4.78 is 5.23. The molecule has 0 aliphatic rings. The minimum absolute atomic E-state index is 0.160. The molecule has 0 spiro atoms. The lowest BCUT2D eigenvalue weighted by molar-refractivity contribution is 0.246. The largest absolute Gasteiger partial charge is 0.497 e. The highest BCUT2D eigenvalue weighted by Crippen LogP contribution is 2.23. The minimum atomic E-state index is -0.160. The van der Waals surface area contributed by atoms with Crippen molar-refractivity contribution >= 4 is 11.7 Å². The molecular formula is C21H25N5O2. The number of aromatic nitrogens is 2. The lowest BCUT2D eigenvalue weighted by Crippen LogP contribution is -2.40. The van der Waals surface area contributed by atoms with Crippen molar-refractivity contribution in [3.05, 3.63) is 66.5 Å². The molecule has 4 N–H and O–H groups in total. The predicted octanol–water partition coefficient (Wildman–Crippen LogP) is 3.15. The SMILES string of the molecule is COc1cccc(CNC(=O)N(CCCN)c2ccc(-c3cn[nH]c3)cc2)c1. The van der Waals surface area contributed by atoms with Gasteiger partial charge in [-0.2, -0.15) is 5.10 Å². The van der Waals surface area contributed by atoms with E-state index in [1.165, 1.54) is 0 Å². The molecule has 1 aromatic heterocycles. The van der Waals surface area contributed by atoms with Crippen LogP contribution in [0.1, 0.15) is 12.0 Å². The van der Waals surface area contributed by atoms with Crippen LogP contribution in [0, 0.1) is 0 Å². The van der Waals surface area contributed by atoms with E-state index in [2.05, 4.69) is 15.5 Å². The third-order valence-electron chi connectivity index (χ3n) is 4.42. The number of urea groups is 1. The molecule has 146 valence electrons. The van der Waals surface area contributed by atoms with Gasteiger partial charge in [-0.3, -0.25) is 10.00 Å². The van der Waals surface area contributed by atoms with Gasteiger partial charge in [0, 0.05) is 30.5 Å². The van der Waals surface area contributed by atoms with Crippen molar-refractivity contribution in [1.29, 1.82) is 0 Å². The number of H-pyrrole nitrogens is 1. The van der Waals surface area contributed by atoms with Crippen LogP contribution >= 0.6 is 0 Å². The summed E-state index contributed by atoms with van der Waals surface area (Å²) in [7, 11) is 1.62. The molecule has 7 nitrogen and oxygen atoms in total. The second-order valence-corrected chi connectivity index (χ2v) is 6.34. The third kappa shape index (κ3) is 4.89. The molecule has 3 rings (SSSR count). The standard InChI is InChI=1S/C21H25N5O2/c1-28-20-5-2-4-16(12-20)13-23-21(27)26(11-3-10-22)19-8-6-17(7-9-19)18-14-24-25-15-18/h2,4-9,12,14-15H,3,10-11,13,22H2,1H3,(H,23,27)(H,24,25). The van der Waals surface area contributed by atoms with Gasteiger partial charge in [0.05, 0.1) is 13.3 Å². The molecule has 7 heteroatoms. The molecule has 0 aliphatic heterocycles. The van der Waals surface area contributed by atoms with Crippen LogP contribution in [0.15, 0.2) is 60.9 Å². The Morgan fingerprint density at radius 1 is 1.21 bits per heavy atom. The van der Waals surface area contributed by atoms with E-state index in [0.717, 1.165) is 34.5 Å². The van der Waals surface area contributed by atoms with Gasteiger partial charge in [-0.25, -0.2) is 4.79 Å². The number of methoxy groups -OCH3 is 1. The molecule has 2 aromatic carbocycles. The van der Waals surface area contributed by atoms with Gasteiger partial charge in [0.1, 0.15) is 5.75 Å². The first-order valence-electron chi connectivity index (χ1n) is 9.19. The summed E-state index contributed by atoms with van der Waals surface area (Å²) in [5, 5.41) is 9.75. The van der Waals surface area contributed by atoms with Crippen LogP contribution in [0.3, 0.4) is 0 Å². The number of hydrogen-bond acceptors (Lipinski definition) is 4. The Hall–Kier alpha value is -3.32. The van der Waals surface area contributed by atoms with Gasteiger partial charge in [-0.05, 0) is 48.4 Å². The monoisotopic (exact) mass is 379 g/mol. The first-order chi connectivity index (χ1) is 13.7. The Bertz CT molecular complexity index is 878. The number of ether oxygens (including phenoxy) is 1. The number of nitrogens with two attached hydrogens (primary N) is 1. The van der Waals surface area contributed by atoms with Gasteiger partial charge in [-0.15, -0.1) is 0 Å². The number of carbonyl (C=O) groups excluding carboxylic acids is 1. The highest BCUT2D eigenvalue weighted by atomic mass is 16.5. The van der Waals surface area contributed by atoms with Crippen molar-refractivity contribution in [3.8, 4) is 16.9 Å². The van der Waals surface area contributed by atoms with E-state index in [1.54, 1.807) is 18.2 Å². The van der Waals surface area contributed by atoms with E-state index in [4.69, 9.17) is 10.5 Å². The van der Waals surface area contributed by atoms with Crippen molar-refractivity contribution < 1.29 is 9.53 Å². The van der Waals surface area contributed by atoms with Crippen LogP contribution in [0.5, 0.6) is 5.75 Å². The average molecular weight is 379 g/mol. The normalized spacial score (nSPS) is 10.5. The number of rotatable bonds is 8. The zero-order chi connectivity index (χ0) is 19.8. The summed E-state index contributed by atoms with van der Waals surface area (Å²) in [6.45, 7) is 1.49. The first kappa shape index (κ1) is 19.4. The van der Waals surface area contributed by atoms with E-state index in [1.807, 2.05) is 54.7 Å². The molecule has 0 radical (unpaired) electrons. The minimum Gasteiger partial charge on any atom is -0.497 e. The Balaban J connectivity index is 1.70. The number of nitrogens with one attached hydrogen (secondary N) is 2. The van der Waals surface area contributed by atoms with E-state index in [0.29, 0.717) is 19.6 Å². The lowest BCUT2D eigenvalue weighted by Gasteiger charge is -2.23.